The molecule has 0 atom stereocenters. The van der Waals surface area contributed by atoms with Gasteiger partial charge in [-0.25, -0.2) is 4.39 Å². The minimum atomic E-state index is -0.263. The molecular weight excluding hydrogens is 319 g/mol. The maximum Gasteiger partial charge on any atom is 0.253 e. The van der Waals surface area contributed by atoms with Gasteiger partial charge in [0.2, 0.25) is 0 Å². The normalized spacial score (nSPS) is 10.3. The number of nitrogens with one attached hydrogen (secondary N) is 1. The van der Waals surface area contributed by atoms with Gasteiger partial charge in [-0.15, -0.1) is 0 Å². The van der Waals surface area contributed by atoms with Crippen molar-refractivity contribution in [2.45, 2.75) is 13.2 Å². The molecule has 126 valence electrons. The number of rotatable bonds is 6. The van der Waals surface area contributed by atoms with Crippen molar-refractivity contribution in [2.75, 3.05) is 0 Å². The maximum atomic E-state index is 12.9. The molecule has 3 rings (SSSR count). The van der Waals surface area contributed by atoms with Gasteiger partial charge in [-0.2, -0.15) is 0 Å². The van der Waals surface area contributed by atoms with E-state index in [1.807, 2.05) is 24.3 Å². The van der Waals surface area contributed by atoms with Crippen LogP contribution in [0.5, 0.6) is 5.75 Å². The average molecular weight is 336 g/mol. The first-order valence-corrected chi connectivity index (χ1v) is 7.85. The van der Waals surface area contributed by atoms with Crippen LogP contribution in [0.1, 0.15) is 21.5 Å². The molecule has 0 aliphatic rings. The fraction of sp³-hybridized carbons (Fsp3) is 0.100. The second kappa shape index (κ2) is 8.06. The van der Waals surface area contributed by atoms with Crippen LogP contribution in [0.3, 0.4) is 0 Å². The number of aromatic nitrogens is 1. The van der Waals surface area contributed by atoms with Crippen molar-refractivity contribution in [1.82, 2.24) is 10.3 Å². The van der Waals surface area contributed by atoms with Gasteiger partial charge in [0.15, 0.2) is 0 Å². The molecule has 1 N–H and O–H groups in total. The third kappa shape index (κ3) is 4.88. The number of halogens is 1. The number of carbonyl (C=O) groups is 1. The first kappa shape index (κ1) is 16.6. The lowest BCUT2D eigenvalue weighted by Gasteiger charge is -2.08. The van der Waals surface area contributed by atoms with Crippen molar-refractivity contribution < 1.29 is 13.9 Å². The largest absolute Gasteiger partial charge is 0.489 e. The van der Waals surface area contributed by atoms with Gasteiger partial charge < -0.3 is 10.1 Å². The Hall–Kier alpha value is -3.21. The summed E-state index contributed by atoms with van der Waals surface area (Å²) in [7, 11) is 0. The quantitative estimate of drug-likeness (QED) is 0.746. The summed E-state index contributed by atoms with van der Waals surface area (Å²) in [6.07, 6.45) is 3.16. The molecule has 3 aromatic rings. The Kier molecular flexibility index (Phi) is 5.36. The van der Waals surface area contributed by atoms with Gasteiger partial charge in [0.05, 0.1) is 5.56 Å². The standard InChI is InChI=1S/C20H17FN2O2/c21-18-7-3-16(4-8-18)14-25-19-9-5-15(6-10-19)12-23-20(24)17-2-1-11-22-13-17/h1-11,13H,12,14H2,(H,23,24). The van der Waals surface area contributed by atoms with Gasteiger partial charge in [-0.1, -0.05) is 24.3 Å². The van der Waals surface area contributed by atoms with E-state index >= 15 is 0 Å². The Morgan fingerprint density at radius 3 is 2.40 bits per heavy atom. The third-order valence-electron chi connectivity index (χ3n) is 3.62. The molecule has 1 aromatic heterocycles. The van der Waals surface area contributed by atoms with Crippen LogP contribution in [0.4, 0.5) is 4.39 Å². The van der Waals surface area contributed by atoms with Crippen LogP contribution in [-0.4, -0.2) is 10.9 Å². The van der Waals surface area contributed by atoms with Gasteiger partial charge in [-0.3, -0.25) is 9.78 Å². The minimum absolute atomic E-state index is 0.162. The molecule has 1 amide bonds. The van der Waals surface area contributed by atoms with Crippen molar-refractivity contribution in [3.63, 3.8) is 0 Å². The van der Waals surface area contributed by atoms with Crippen LogP contribution in [0.15, 0.2) is 73.1 Å². The van der Waals surface area contributed by atoms with E-state index in [1.54, 1.807) is 30.5 Å². The van der Waals surface area contributed by atoms with E-state index in [-0.39, 0.29) is 11.7 Å². The Morgan fingerprint density at radius 2 is 1.72 bits per heavy atom. The fourth-order valence-corrected chi connectivity index (χ4v) is 2.23. The Balaban J connectivity index is 1.50. The minimum Gasteiger partial charge on any atom is -0.489 e. The van der Waals surface area contributed by atoms with E-state index in [1.165, 1.54) is 18.3 Å². The molecule has 1 heterocycles. The molecular formula is C20H17FN2O2. The molecule has 0 bridgehead atoms. The molecule has 0 aliphatic carbocycles. The number of ether oxygens (including phenoxy) is 1. The Labute approximate surface area is 145 Å². The number of hydrogen-bond donors (Lipinski definition) is 1. The summed E-state index contributed by atoms with van der Waals surface area (Å²) in [4.78, 5) is 15.9. The van der Waals surface area contributed by atoms with Crippen molar-refractivity contribution in [2.24, 2.45) is 0 Å². The topological polar surface area (TPSA) is 51.2 Å². The van der Waals surface area contributed by atoms with Crippen LogP contribution in [-0.2, 0) is 13.2 Å². The SMILES string of the molecule is O=C(NCc1ccc(OCc2ccc(F)cc2)cc1)c1cccnc1. The number of carbonyl (C=O) groups excluding carboxylic acids is 1. The first-order valence-electron chi connectivity index (χ1n) is 7.85. The molecule has 0 spiro atoms. The van der Waals surface area contributed by atoms with Gasteiger partial charge >= 0.3 is 0 Å². The van der Waals surface area contributed by atoms with Crippen molar-refractivity contribution >= 4 is 5.91 Å². The molecule has 0 radical (unpaired) electrons. The van der Waals surface area contributed by atoms with Gasteiger partial charge in [-0.05, 0) is 47.5 Å². The zero-order valence-corrected chi connectivity index (χ0v) is 13.5. The second-order valence-corrected chi connectivity index (χ2v) is 5.48. The number of hydrogen-bond acceptors (Lipinski definition) is 3. The third-order valence-corrected chi connectivity index (χ3v) is 3.62. The molecule has 0 fully saturated rings. The molecule has 2 aromatic carbocycles. The summed E-state index contributed by atoms with van der Waals surface area (Å²) >= 11 is 0. The highest BCUT2D eigenvalue weighted by Crippen LogP contribution is 2.14. The summed E-state index contributed by atoms with van der Waals surface area (Å²) in [6, 6.07) is 17.1. The van der Waals surface area contributed by atoms with Crippen molar-refractivity contribution in [3.05, 3.63) is 95.6 Å². The highest BCUT2D eigenvalue weighted by Gasteiger charge is 2.04. The van der Waals surface area contributed by atoms with E-state index in [0.29, 0.717) is 24.5 Å². The zero-order valence-electron chi connectivity index (χ0n) is 13.5. The van der Waals surface area contributed by atoms with Crippen LogP contribution >= 0.6 is 0 Å². The number of nitrogens with zero attached hydrogens (tertiary/aromatic N) is 1. The average Bonchev–Trinajstić information content (AvgIpc) is 2.67. The zero-order chi connectivity index (χ0) is 17.5. The van der Waals surface area contributed by atoms with Crippen LogP contribution < -0.4 is 10.1 Å². The van der Waals surface area contributed by atoms with E-state index in [0.717, 1.165) is 11.1 Å². The molecule has 0 unspecified atom stereocenters. The fourth-order valence-electron chi connectivity index (χ4n) is 2.23. The summed E-state index contributed by atoms with van der Waals surface area (Å²) in [6.45, 7) is 0.795. The summed E-state index contributed by atoms with van der Waals surface area (Å²) in [5, 5.41) is 2.84. The highest BCUT2D eigenvalue weighted by molar-refractivity contribution is 5.93. The molecule has 0 saturated carbocycles. The van der Waals surface area contributed by atoms with Crippen LogP contribution in [0, 0.1) is 5.82 Å². The Morgan fingerprint density at radius 1 is 1.00 bits per heavy atom. The van der Waals surface area contributed by atoms with E-state index in [4.69, 9.17) is 4.74 Å². The van der Waals surface area contributed by atoms with E-state index in [2.05, 4.69) is 10.3 Å². The van der Waals surface area contributed by atoms with Crippen LogP contribution in [0.25, 0.3) is 0 Å². The molecule has 25 heavy (non-hydrogen) atoms. The molecule has 4 nitrogen and oxygen atoms in total. The Bertz CT molecular complexity index is 819. The maximum absolute atomic E-state index is 12.9. The summed E-state index contributed by atoms with van der Waals surface area (Å²) < 4.78 is 18.5. The monoisotopic (exact) mass is 336 g/mol. The number of amides is 1. The van der Waals surface area contributed by atoms with Crippen molar-refractivity contribution in [1.29, 1.82) is 0 Å². The first-order chi connectivity index (χ1) is 12.2. The van der Waals surface area contributed by atoms with Crippen LogP contribution in [0.2, 0.25) is 0 Å². The lowest BCUT2D eigenvalue weighted by molar-refractivity contribution is 0.0950. The second-order valence-electron chi connectivity index (χ2n) is 5.48. The summed E-state index contributed by atoms with van der Waals surface area (Å²) in [5.41, 5.74) is 2.39. The highest BCUT2D eigenvalue weighted by atomic mass is 19.1. The lowest BCUT2D eigenvalue weighted by atomic mass is 10.2. The predicted octanol–water partition coefficient (Wildman–Crippen LogP) is 3.73. The predicted molar refractivity (Wildman–Crippen MR) is 92.6 cm³/mol. The smallest absolute Gasteiger partial charge is 0.253 e. The summed E-state index contributed by atoms with van der Waals surface area (Å²) in [5.74, 6) is 0.290. The number of benzene rings is 2. The molecule has 0 saturated heterocycles. The van der Waals surface area contributed by atoms with E-state index in [9.17, 15) is 9.18 Å². The van der Waals surface area contributed by atoms with Crippen molar-refractivity contribution in [3.8, 4) is 5.75 Å². The van der Waals surface area contributed by atoms with Gasteiger partial charge in [0.25, 0.3) is 5.91 Å². The van der Waals surface area contributed by atoms with E-state index < -0.39 is 0 Å². The molecule has 0 aliphatic heterocycles. The molecule has 5 heteroatoms. The van der Waals surface area contributed by atoms with Gasteiger partial charge in [0.1, 0.15) is 18.2 Å². The number of pyridine rings is 1. The lowest BCUT2D eigenvalue weighted by Crippen LogP contribution is -2.22. The van der Waals surface area contributed by atoms with Gasteiger partial charge in [0, 0.05) is 18.9 Å².